The molecule has 2 aromatic carbocycles. The number of methoxy groups -OCH3 is 1. The lowest BCUT2D eigenvalue weighted by atomic mass is 10.0. The number of para-hydroxylation sites is 2. The van der Waals surface area contributed by atoms with E-state index in [-0.39, 0.29) is 0 Å². The molecule has 1 N–H and O–H groups in total. The van der Waals surface area contributed by atoms with Crippen LogP contribution in [0.5, 0.6) is 5.75 Å². The highest BCUT2D eigenvalue weighted by Crippen LogP contribution is 2.33. The largest absolute Gasteiger partial charge is 0.495 e. The number of hydrogen-bond donors (Lipinski definition) is 1. The molecule has 2 aliphatic rings. The Kier molecular flexibility index (Phi) is 7.44. The number of aromatic nitrogens is 2. The highest BCUT2D eigenvalue weighted by Gasteiger charge is 2.23. The Hall–Kier alpha value is -3.20. The van der Waals surface area contributed by atoms with Crippen LogP contribution in [-0.4, -0.2) is 65.7 Å². The Labute approximate surface area is 228 Å². The van der Waals surface area contributed by atoms with Crippen LogP contribution in [0.4, 0.5) is 5.69 Å². The first-order valence-electron chi connectivity index (χ1n) is 13.6. The van der Waals surface area contributed by atoms with Crippen molar-refractivity contribution < 1.29 is 4.74 Å². The summed E-state index contributed by atoms with van der Waals surface area (Å²) in [5.74, 6) is 0.947. The van der Waals surface area contributed by atoms with Crippen LogP contribution in [0.3, 0.4) is 0 Å². The van der Waals surface area contributed by atoms with Crippen molar-refractivity contribution in [3.8, 4) is 5.75 Å². The SMILES string of the molecule is COc1ccccc1N1CCN(CCCn2cnc3sc4c(c3c2=N)CCN(Cc2ccccc2)C4)CC1. The number of ether oxygens (including phenoxy) is 1. The van der Waals surface area contributed by atoms with Crippen molar-refractivity contribution in [3.05, 3.63) is 82.4 Å². The molecule has 2 aliphatic heterocycles. The maximum Gasteiger partial charge on any atom is 0.142 e. The number of benzene rings is 2. The lowest BCUT2D eigenvalue weighted by molar-refractivity contribution is 0.248. The Balaban J connectivity index is 1.06. The molecule has 0 aliphatic carbocycles. The zero-order valence-corrected chi connectivity index (χ0v) is 22.9. The van der Waals surface area contributed by atoms with E-state index in [4.69, 9.17) is 15.1 Å². The van der Waals surface area contributed by atoms with E-state index in [2.05, 4.69) is 61.7 Å². The summed E-state index contributed by atoms with van der Waals surface area (Å²) in [6.07, 6.45) is 3.90. The Morgan fingerprint density at radius 1 is 0.921 bits per heavy atom. The summed E-state index contributed by atoms with van der Waals surface area (Å²) in [4.78, 5) is 14.7. The van der Waals surface area contributed by atoms with Crippen LogP contribution in [0.1, 0.15) is 22.4 Å². The summed E-state index contributed by atoms with van der Waals surface area (Å²) in [6, 6.07) is 19.0. The second-order valence-corrected chi connectivity index (χ2v) is 11.4. The third-order valence-corrected chi connectivity index (χ3v) is 9.00. The number of thiophene rings is 1. The lowest BCUT2D eigenvalue weighted by Gasteiger charge is -2.36. The number of hydrogen-bond acceptors (Lipinski definition) is 7. The van der Waals surface area contributed by atoms with Crippen LogP contribution in [0.15, 0.2) is 60.9 Å². The van der Waals surface area contributed by atoms with Crippen LogP contribution >= 0.6 is 11.3 Å². The molecule has 0 amide bonds. The van der Waals surface area contributed by atoms with Gasteiger partial charge in [-0.1, -0.05) is 42.5 Å². The fraction of sp³-hybridized carbons (Fsp3) is 0.400. The molecule has 1 fully saturated rings. The van der Waals surface area contributed by atoms with E-state index in [1.165, 1.54) is 21.7 Å². The van der Waals surface area contributed by atoms with Gasteiger partial charge in [0.2, 0.25) is 0 Å². The number of fused-ring (bicyclic) bond motifs is 3. The van der Waals surface area contributed by atoms with E-state index in [9.17, 15) is 0 Å². The molecule has 0 spiro atoms. The van der Waals surface area contributed by atoms with Gasteiger partial charge in [-0.05, 0) is 42.6 Å². The van der Waals surface area contributed by atoms with Crippen molar-refractivity contribution in [2.75, 3.05) is 51.3 Å². The van der Waals surface area contributed by atoms with Crippen molar-refractivity contribution >= 4 is 27.2 Å². The maximum atomic E-state index is 8.99. The minimum atomic E-state index is 0.630. The fourth-order valence-electron chi connectivity index (χ4n) is 5.81. The van der Waals surface area contributed by atoms with E-state index < -0.39 is 0 Å². The third-order valence-electron chi connectivity index (χ3n) is 7.88. The van der Waals surface area contributed by atoms with Crippen molar-refractivity contribution in [2.24, 2.45) is 0 Å². The third kappa shape index (κ3) is 5.21. The predicted octanol–water partition coefficient (Wildman–Crippen LogP) is 4.36. The molecule has 8 heteroatoms. The van der Waals surface area contributed by atoms with E-state index in [1.54, 1.807) is 18.4 Å². The first-order chi connectivity index (χ1) is 18.7. The number of nitrogens with zero attached hydrogens (tertiary/aromatic N) is 5. The van der Waals surface area contributed by atoms with Gasteiger partial charge in [0.05, 0.1) is 24.5 Å². The second-order valence-electron chi connectivity index (χ2n) is 10.3. The topological polar surface area (TPSA) is 60.6 Å². The van der Waals surface area contributed by atoms with Gasteiger partial charge in [0.25, 0.3) is 0 Å². The standard InChI is InChI=1S/C30H36N6OS/c1-37-26-11-6-5-10-25(26)35-18-16-33(17-19-35)13-7-14-36-22-32-30-28(29(36)31)24-12-15-34(21-27(24)38-30)20-23-8-3-2-4-9-23/h2-6,8-11,22,31H,7,12-21H2,1H3. The van der Waals surface area contributed by atoms with Gasteiger partial charge in [0.1, 0.15) is 16.1 Å². The van der Waals surface area contributed by atoms with Gasteiger partial charge >= 0.3 is 0 Å². The maximum absolute atomic E-state index is 8.99. The van der Waals surface area contributed by atoms with Gasteiger partial charge in [-0.3, -0.25) is 15.2 Å². The molecule has 0 bridgehead atoms. The molecule has 1 saturated heterocycles. The van der Waals surface area contributed by atoms with E-state index in [0.29, 0.717) is 5.49 Å². The lowest BCUT2D eigenvalue weighted by Crippen LogP contribution is -2.46. The Bertz CT molecular complexity index is 1440. The smallest absolute Gasteiger partial charge is 0.142 e. The van der Waals surface area contributed by atoms with Crippen molar-refractivity contribution in [1.29, 1.82) is 5.41 Å². The molecular formula is C30H36N6OS. The number of nitrogens with one attached hydrogen (secondary N) is 1. The van der Waals surface area contributed by atoms with Crippen LogP contribution in [0.25, 0.3) is 10.2 Å². The van der Waals surface area contributed by atoms with Gasteiger partial charge in [-0.15, -0.1) is 11.3 Å². The highest BCUT2D eigenvalue weighted by molar-refractivity contribution is 7.18. The van der Waals surface area contributed by atoms with Crippen molar-refractivity contribution in [2.45, 2.75) is 32.5 Å². The van der Waals surface area contributed by atoms with Gasteiger partial charge in [0, 0.05) is 57.2 Å². The highest BCUT2D eigenvalue weighted by atomic mass is 32.1. The number of aryl methyl sites for hydroxylation is 1. The van der Waals surface area contributed by atoms with Crippen LogP contribution < -0.4 is 15.1 Å². The van der Waals surface area contributed by atoms with Crippen molar-refractivity contribution in [1.82, 2.24) is 19.4 Å². The summed E-state index contributed by atoms with van der Waals surface area (Å²) >= 11 is 1.78. The molecule has 0 atom stereocenters. The second kappa shape index (κ2) is 11.3. The number of piperazine rings is 1. The molecule has 4 aromatic rings. The first kappa shape index (κ1) is 25.1. The van der Waals surface area contributed by atoms with Gasteiger partial charge in [0.15, 0.2) is 0 Å². The van der Waals surface area contributed by atoms with Gasteiger partial charge in [-0.2, -0.15) is 0 Å². The van der Waals surface area contributed by atoms with E-state index >= 15 is 0 Å². The monoisotopic (exact) mass is 528 g/mol. The molecule has 0 saturated carbocycles. The fourth-order valence-corrected chi connectivity index (χ4v) is 7.04. The minimum Gasteiger partial charge on any atom is -0.495 e. The first-order valence-corrected chi connectivity index (χ1v) is 14.4. The van der Waals surface area contributed by atoms with Crippen LogP contribution in [-0.2, 0) is 26.1 Å². The van der Waals surface area contributed by atoms with Gasteiger partial charge in [-0.25, -0.2) is 4.98 Å². The quantitative estimate of drug-likeness (QED) is 0.368. The number of rotatable bonds is 8. The molecule has 38 heavy (non-hydrogen) atoms. The Morgan fingerprint density at radius 2 is 1.71 bits per heavy atom. The summed E-state index contributed by atoms with van der Waals surface area (Å²) in [7, 11) is 1.74. The average molecular weight is 529 g/mol. The Morgan fingerprint density at radius 3 is 2.53 bits per heavy atom. The zero-order valence-electron chi connectivity index (χ0n) is 22.1. The summed E-state index contributed by atoms with van der Waals surface area (Å²) < 4.78 is 7.61. The van der Waals surface area contributed by atoms with E-state index in [0.717, 1.165) is 87.7 Å². The molecule has 198 valence electrons. The van der Waals surface area contributed by atoms with Crippen LogP contribution in [0.2, 0.25) is 0 Å². The van der Waals surface area contributed by atoms with Crippen molar-refractivity contribution in [3.63, 3.8) is 0 Å². The summed E-state index contributed by atoms with van der Waals surface area (Å²) in [6.45, 7) is 8.94. The van der Waals surface area contributed by atoms with Gasteiger partial charge < -0.3 is 14.2 Å². The molecule has 6 rings (SSSR count). The minimum absolute atomic E-state index is 0.630. The van der Waals surface area contributed by atoms with Crippen LogP contribution in [0, 0.1) is 5.41 Å². The molecule has 4 heterocycles. The molecule has 7 nitrogen and oxygen atoms in total. The predicted molar refractivity (Wildman–Crippen MR) is 154 cm³/mol. The molecular weight excluding hydrogens is 492 g/mol. The normalized spacial score (nSPS) is 16.6. The molecule has 2 aromatic heterocycles. The molecule has 0 radical (unpaired) electrons. The molecule has 0 unspecified atom stereocenters. The number of anilines is 1. The summed E-state index contributed by atoms with van der Waals surface area (Å²) in [5.41, 5.74) is 4.53. The summed E-state index contributed by atoms with van der Waals surface area (Å²) in [5, 5.41) is 10.1. The zero-order chi connectivity index (χ0) is 25.9. The van der Waals surface area contributed by atoms with E-state index in [1.807, 2.05) is 18.5 Å². The average Bonchev–Trinajstić information content (AvgIpc) is 3.34.